The Bertz CT molecular complexity index is 955. The molecule has 0 bridgehead atoms. The molecule has 0 spiro atoms. The predicted molar refractivity (Wildman–Crippen MR) is 189 cm³/mol. The van der Waals surface area contributed by atoms with Crippen LogP contribution in [-0.2, 0) is 14.2 Å². The number of allylic oxidation sites excluding steroid dienone is 7. The quantitative estimate of drug-likeness (QED) is 0.114. The molecule has 0 aromatic rings. The molecule has 43 heavy (non-hydrogen) atoms. The fourth-order valence-corrected chi connectivity index (χ4v) is 5.30. The van der Waals surface area contributed by atoms with Crippen LogP contribution < -0.4 is 5.73 Å². The fourth-order valence-electron chi connectivity index (χ4n) is 5.30. The summed E-state index contributed by atoms with van der Waals surface area (Å²) >= 11 is 0. The van der Waals surface area contributed by atoms with Crippen LogP contribution in [0.25, 0.3) is 0 Å². The smallest absolute Gasteiger partial charge is 0.106 e. The number of hydrogen-bond donors (Lipinski definition) is 1. The molecule has 0 rings (SSSR count). The highest BCUT2D eigenvalue weighted by Gasteiger charge is 2.40. The maximum absolute atomic E-state index is 7.33. The number of hydrogen-bond acceptors (Lipinski definition) is 4. The second-order valence-corrected chi connectivity index (χ2v) is 10.6. The lowest BCUT2D eigenvalue weighted by Crippen LogP contribution is -2.43. The highest BCUT2D eigenvalue weighted by Crippen LogP contribution is 2.39. The lowest BCUT2D eigenvalue weighted by Gasteiger charge is -2.42. The van der Waals surface area contributed by atoms with Crippen LogP contribution in [0.2, 0.25) is 0 Å². The predicted octanol–water partition coefficient (Wildman–Crippen LogP) is 9.86. The Hall–Kier alpha value is -2.76. The van der Waals surface area contributed by atoms with Crippen molar-refractivity contribution >= 4 is 0 Å². The molecule has 1 atom stereocenters. The summed E-state index contributed by atoms with van der Waals surface area (Å²) in [5.41, 5.74) is 3.25. The minimum atomic E-state index is -0.715. The molecule has 0 aliphatic heterocycles. The Morgan fingerprint density at radius 3 is 1.16 bits per heavy atom. The first-order valence-corrected chi connectivity index (χ1v) is 15.8. The molecule has 0 aliphatic carbocycles. The normalized spacial score (nSPS) is 19.0. The number of ether oxygens (including phenoxy) is 3. The Morgan fingerprint density at radius 2 is 0.837 bits per heavy atom. The van der Waals surface area contributed by atoms with Gasteiger partial charge in [0.2, 0.25) is 0 Å². The molecule has 0 aliphatic rings. The summed E-state index contributed by atoms with van der Waals surface area (Å²) < 4.78 is 20.1. The van der Waals surface area contributed by atoms with Crippen molar-refractivity contribution < 1.29 is 14.2 Å². The third-order valence-electron chi connectivity index (χ3n) is 7.00. The van der Waals surface area contributed by atoms with Crippen molar-refractivity contribution in [2.45, 2.75) is 103 Å². The van der Waals surface area contributed by atoms with E-state index in [1.54, 1.807) is 12.2 Å². The maximum Gasteiger partial charge on any atom is 0.106 e. The van der Waals surface area contributed by atoms with E-state index in [9.17, 15) is 0 Å². The van der Waals surface area contributed by atoms with E-state index in [2.05, 4.69) is 99.1 Å². The first kappa shape index (κ1) is 40.2. The van der Waals surface area contributed by atoms with Crippen molar-refractivity contribution in [2.24, 2.45) is 5.73 Å². The molecule has 0 saturated carbocycles. The summed E-state index contributed by atoms with van der Waals surface area (Å²) in [7, 11) is 0. The van der Waals surface area contributed by atoms with Crippen molar-refractivity contribution in [2.75, 3.05) is 19.8 Å². The molecule has 0 aromatic carbocycles. The van der Waals surface area contributed by atoms with E-state index in [0.717, 1.165) is 6.42 Å². The van der Waals surface area contributed by atoms with Crippen molar-refractivity contribution in [3.8, 4) is 0 Å². The van der Waals surface area contributed by atoms with Gasteiger partial charge in [0.25, 0.3) is 0 Å². The molecule has 0 amide bonds. The molecular weight excluding hydrogens is 530 g/mol. The lowest BCUT2D eigenvalue weighted by molar-refractivity contribution is -0.0812. The van der Waals surface area contributed by atoms with Gasteiger partial charge < -0.3 is 19.9 Å². The van der Waals surface area contributed by atoms with E-state index in [1.165, 1.54) is 0 Å². The van der Waals surface area contributed by atoms with Crippen LogP contribution >= 0.6 is 0 Å². The van der Waals surface area contributed by atoms with Gasteiger partial charge in [-0.05, 0) is 73.6 Å². The standard InChI is InChI=1S/C39H61NO3/c1-10-19-27-37(28-20-33-40,42-35-18-9)30-32-39(25-15-6,26-16-7)43-38(23-13-4,24-14-5)31-29-36(21-11-2,22-12-3)41-34-17-8/h11-28H,8-10,29-35,40H2,1-7H3. The van der Waals surface area contributed by atoms with Gasteiger partial charge in [0, 0.05) is 6.54 Å². The van der Waals surface area contributed by atoms with Crippen LogP contribution in [0.4, 0.5) is 0 Å². The van der Waals surface area contributed by atoms with Gasteiger partial charge in [0.05, 0.1) is 13.2 Å². The van der Waals surface area contributed by atoms with Gasteiger partial charge in [-0.15, -0.1) is 13.2 Å². The van der Waals surface area contributed by atoms with Gasteiger partial charge in [-0.3, -0.25) is 0 Å². The van der Waals surface area contributed by atoms with Crippen molar-refractivity contribution in [1.29, 1.82) is 0 Å². The molecule has 0 aromatic heterocycles. The van der Waals surface area contributed by atoms with E-state index in [0.29, 0.717) is 45.4 Å². The zero-order valence-corrected chi connectivity index (χ0v) is 28.3. The van der Waals surface area contributed by atoms with Crippen LogP contribution in [0.1, 0.15) is 80.6 Å². The van der Waals surface area contributed by atoms with Gasteiger partial charge >= 0.3 is 0 Å². The fraction of sp³-hybridized carbons (Fsp3) is 0.487. The third-order valence-corrected chi connectivity index (χ3v) is 7.00. The lowest BCUT2D eigenvalue weighted by atomic mass is 9.84. The molecule has 0 heterocycles. The Morgan fingerprint density at radius 1 is 0.512 bits per heavy atom. The van der Waals surface area contributed by atoms with E-state index >= 15 is 0 Å². The van der Waals surface area contributed by atoms with Gasteiger partial charge in [-0.25, -0.2) is 0 Å². The van der Waals surface area contributed by atoms with Gasteiger partial charge in [-0.2, -0.15) is 0 Å². The van der Waals surface area contributed by atoms with Crippen molar-refractivity contribution in [3.05, 3.63) is 123 Å². The second kappa shape index (κ2) is 22.7. The molecule has 240 valence electrons. The first-order valence-electron chi connectivity index (χ1n) is 15.8. The monoisotopic (exact) mass is 591 g/mol. The summed E-state index contributed by atoms with van der Waals surface area (Å²) in [6, 6.07) is 0. The summed E-state index contributed by atoms with van der Waals surface area (Å²) in [6.45, 7) is 23.4. The van der Waals surface area contributed by atoms with Crippen LogP contribution in [0, 0.1) is 0 Å². The molecule has 0 fully saturated rings. The van der Waals surface area contributed by atoms with Crippen LogP contribution in [-0.4, -0.2) is 42.2 Å². The Labute approximate surface area is 264 Å². The first-order chi connectivity index (χ1) is 20.7. The number of rotatable bonds is 24. The van der Waals surface area contributed by atoms with Crippen LogP contribution in [0.15, 0.2) is 123 Å². The van der Waals surface area contributed by atoms with Gasteiger partial charge in [0.1, 0.15) is 22.4 Å². The molecule has 0 radical (unpaired) electrons. The summed E-state index contributed by atoms with van der Waals surface area (Å²) in [4.78, 5) is 0. The zero-order valence-electron chi connectivity index (χ0n) is 28.3. The third kappa shape index (κ3) is 14.5. The van der Waals surface area contributed by atoms with E-state index in [-0.39, 0.29) is 0 Å². The molecule has 1 unspecified atom stereocenters. The van der Waals surface area contributed by atoms with Crippen LogP contribution in [0.5, 0.6) is 0 Å². The average molecular weight is 592 g/mol. The van der Waals surface area contributed by atoms with E-state index in [1.807, 2.05) is 59.8 Å². The van der Waals surface area contributed by atoms with Crippen LogP contribution in [0.3, 0.4) is 0 Å². The molecule has 4 nitrogen and oxygen atoms in total. The SMILES string of the molecule is C=CCOC(C=CC)(C=CC)CCC(C=CC)(C=CC)OC(C=CC)(C=CC)CCC(C=CCC)(C=CCN)OCC=C. The van der Waals surface area contributed by atoms with E-state index < -0.39 is 22.4 Å². The zero-order chi connectivity index (χ0) is 32.5. The highest BCUT2D eigenvalue weighted by molar-refractivity contribution is 5.25. The minimum absolute atomic E-state index is 0.424. The second-order valence-electron chi connectivity index (χ2n) is 10.6. The molecule has 0 saturated heterocycles. The highest BCUT2D eigenvalue weighted by atomic mass is 16.5. The Kier molecular flexibility index (Phi) is 21.3. The summed E-state index contributed by atoms with van der Waals surface area (Å²) in [5.74, 6) is 0. The largest absolute Gasteiger partial charge is 0.363 e. The van der Waals surface area contributed by atoms with Gasteiger partial charge in [-0.1, -0.05) is 116 Å². The maximum atomic E-state index is 7.33. The minimum Gasteiger partial charge on any atom is -0.363 e. The molecule has 4 heteroatoms. The van der Waals surface area contributed by atoms with E-state index in [4.69, 9.17) is 19.9 Å². The molecular formula is C39H61NO3. The Balaban J connectivity index is 6.97. The average Bonchev–Trinajstić information content (AvgIpc) is 2.99. The summed E-state index contributed by atoms with van der Waals surface area (Å²) in [6.07, 6.45) is 40.8. The molecule has 2 N–H and O–H groups in total. The van der Waals surface area contributed by atoms with Crippen molar-refractivity contribution in [1.82, 2.24) is 0 Å². The van der Waals surface area contributed by atoms with Gasteiger partial charge in [0.15, 0.2) is 0 Å². The summed E-state index contributed by atoms with van der Waals surface area (Å²) in [5, 5.41) is 0. The number of nitrogens with two attached hydrogens (primary N) is 1. The van der Waals surface area contributed by atoms with Crippen molar-refractivity contribution in [3.63, 3.8) is 0 Å². The topological polar surface area (TPSA) is 53.7 Å².